The van der Waals surface area contributed by atoms with Crippen molar-refractivity contribution < 1.29 is 0 Å². The zero-order valence-electron chi connectivity index (χ0n) is 10.6. The summed E-state index contributed by atoms with van der Waals surface area (Å²) in [6.07, 6.45) is 0. The third-order valence-electron chi connectivity index (χ3n) is 3.08. The van der Waals surface area contributed by atoms with Gasteiger partial charge in [0, 0.05) is 17.8 Å². The molecular formula is C13H12Cl2N4. The molecule has 0 spiro atoms. The van der Waals surface area contributed by atoms with Gasteiger partial charge < -0.3 is 0 Å². The van der Waals surface area contributed by atoms with Crippen molar-refractivity contribution in [3.05, 3.63) is 40.8 Å². The molecule has 0 amide bonds. The number of alkyl halides is 1. The molecule has 1 aromatic carbocycles. The number of imidazole rings is 1. The maximum absolute atomic E-state index is 6.01. The van der Waals surface area contributed by atoms with Crippen LogP contribution in [0.5, 0.6) is 0 Å². The SMILES string of the molecule is Cc1nn(C)c2c1nc(CCl)n2-c1ccc(Cl)cc1. The highest BCUT2D eigenvalue weighted by molar-refractivity contribution is 6.30. The maximum atomic E-state index is 6.01. The zero-order chi connectivity index (χ0) is 13.6. The summed E-state index contributed by atoms with van der Waals surface area (Å²) in [5.74, 6) is 1.15. The van der Waals surface area contributed by atoms with E-state index in [-0.39, 0.29) is 0 Å². The third-order valence-corrected chi connectivity index (χ3v) is 3.57. The van der Waals surface area contributed by atoms with Crippen LogP contribution in [0.25, 0.3) is 16.9 Å². The van der Waals surface area contributed by atoms with Crippen molar-refractivity contribution in [3.8, 4) is 5.69 Å². The van der Waals surface area contributed by atoms with E-state index in [1.54, 1.807) is 0 Å². The second kappa shape index (κ2) is 4.54. The predicted molar refractivity (Wildman–Crippen MR) is 77.1 cm³/mol. The highest BCUT2D eigenvalue weighted by atomic mass is 35.5. The lowest BCUT2D eigenvalue weighted by Gasteiger charge is -2.08. The molecule has 2 heterocycles. The van der Waals surface area contributed by atoms with E-state index in [9.17, 15) is 0 Å². The molecule has 2 aromatic heterocycles. The van der Waals surface area contributed by atoms with E-state index in [0.29, 0.717) is 10.9 Å². The number of fused-ring (bicyclic) bond motifs is 1. The van der Waals surface area contributed by atoms with E-state index < -0.39 is 0 Å². The van der Waals surface area contributed by atoms with Crippen molar-refractivity contribution in [2.24, 2.45) is 7.05 Å². The second-order valence-corrected chi connectivity index (χ2v) is 5.06. The van der Waals surface area contributed by atoms with Gasteiger partial charge in [0.15, 0.2) is 5.65 Å². The summed E-state index contributed by atoms with van der Waals surface area (Å²) in [6.45, 7) is 1.94. The molecule has 0 bridgehead atoms. The van der Waals surface area contributed by atoms with Gasteiger partial charge in [-0.1, -0.05) is 11.6 Å². The molecule has 6 heteroatoms. The van der Waals surface area contributed by atoms with Crippen molar-refractivity contribution in [2.75, 3.05) is 0 Å². The van der Waals surface area contributed by atoms with Crippen LogP contribution in [0.4, 0.5) is 0 Å². The molecule has 0 aliphatic rings. The average molecular weight is 295 g/mol. The predicted octanol–water partition coefficient (Wildman–Crippen LogP) is 3.46. The minimum Gasteiger partial charge on any atom is -0.280 e. The van der Waals surface area contributed by atoms with Crippen molar-refractivity contribution in [3.63, 3.8) is 0 Å². The molecule has 0 radical (unpaired) electrons. The van der Waals surface area contributed by atoms with Gasteiger partial charge in [0.05, 0.1) is 11.6 Å². The molecule has 0 saturated carbocycles. The Morgan fingerprint density at radius 1 is 1.21 bits per heavy atom. The van der Waals surface area contributed by atoms with Gasteiger partial charge in [0.25, 0.3) is 0 Å². The number of benzene rings is 1. The van der Waals surface area contributed by atoms with Crippen LogP contribution >= 0.6 is 23.2 Å². The summed E-state index contributed by atoms with van der Waals surface area (Å²) >= 11 is 11.9. The van der Waals surface area contributed by atoms with Crippen LogP contribution < -0.4 is 0 Å². The lowest BCUT2D eigenvalue weighted by Crippen LogP contribution is -2.04. The lowest BCUT2D eigenvalue weighted by atomic mass is 10.3. The van der Waals surface area contributed by atoms with Crippen LogP contribution in [-0.2, 0) is 12.9 Å². The van der Waals surface area contributed by atoms with Gasteiger partial charge in [-0.25, -0.2) is 9.67 Å². The summed E-state index contributed by atoms with van der Waals surface area (Å²) in [6, 6.07) is 7.59. The standard InChI is InChI=1S/C13H12Cl2N4/c1-8-12-13(18(2)17-8)19(11(7-14)16-12)10-5-3-9(15)4-6-10/h3-6H,7H2,1-2H3. The van der Waals surface area contributed by atoms with Crippen LogP contribution in [0.15, 0.2) is 24.3 Å². The van der Waals surface area contributed by atoms with Gasteiger partial charge in [0.2, 0.25) is 0 Å². The summed E-state index contributed by atoms with van der Waals surface area (Å²) in [7, 11) is 1.90. The van der Waals surface area contributed by atoms with Crippen molar-refractivity contribution >= 4 is 34.4 Å². The fourth-order valence-corrected chi connectivity index (χ4v) is 2.57. The van der Waals surface area contributed by atoms with E-state index in [2.05, 4.69) is 10.1 Å². The summed E-state index contributed by atoms with van der Waals surface area (Å²) in [5.41, 5.74) is 3.70. The minimum absolute atomic E-state index is 0.344. The van der Waals surface area contributed by atoms with Gasteiger partial charge in [0.1, 0.15) is 11.3 Å². The molecule has 0 saturated heterocycles. The molecule has 0 unspecified atom stereocenters. The molecule has 0 fully saturated rings. The summed E-state index contributed by atoms with van der Waals surface area (Å²) in [5, 5.41) is 5.10. The molecule has 4 nitrogen and oxygen atoms in total. The number of hydrogen-bond donors (Lipinski definition) is 0. The van der Waals surface area contributed by atoms with Crippen LogP contribution in [0.1, 0.15) is 11.5 Å². The van der Waals surface area contributed by atoms with E-state index in [1.165, 1.54) is 0 Å². The smallest absolute Gasteiger partial charge is 0.163 e. The molecule has 98 valence electrons. The zero-order valence-corrected chi connectivity index (χ0v) is 12.1. The first-order valence-corrected chi connectivity index (χ1v) is 6.76. The second-order valence-electron chi connectivity index (χ2n) is 4.35. The van der Waals surface area contributed by atoms with Crippen LogP contribution in [0, 0.1) is 6.92 Å². The molecule has 19 heavy (non-hydrogen) atoms. The Balaban J connectivity index is 2.34. The maximum Gasteiger partial charge on any atom is 0.163 e. The number of aryl methyl sites for hydroxylation is 2. The Bertz CT molecular complexity index is 740. The van der Waals surface area contributed by atoms with E-state index >= 15 is 0 Å². The topological polar surface area (TPSA) is 35.6 Å². The Hall–Kier alpha value is -1.52. The first kappa shape index (κ1) is 12.5. The Labute approximate surface area is 120 Å². The van der Waals surface area contributed by atoms with Crippen molar-refractivity contribution in [1.29, 1.82) is 0 Å². The molecule has 0 aliphatic carbocycles. The highest BCUT2D eigenvalue weighted by Gasteiger charge is 2.17. The van der Waals surface area contributed by atoms with Gasteiger partial charge in [-0.2, -0.15) is 5.10 Å². The van der Waals surface area contributed by atoms with E-state index in [0.717, 1.165) is 28.4 Å². The van der Waals surface area contributed by atoms with Crippen molar-refractivity contribution in [2.45, 2.75) is 12.8 Å². The van der Waals surface area contributed by atoms with Crippen LogP contribution in [0.2, 0.25) is 5.02 Å². The molecule has 0 aliphatic heterocycles. The Morgan fingerprint density at radius 2 is 1.89 bits per heavy atom. The summed E-state index contributed by atoms with van der Waals surface area (Å²) in [4.78, 5) is 4.57. The fourth-order valence-electron chi connectivity index (χ4n) is 2.27. The first-order chi connectivity index (χ1) is 9.11. The van der Waals surface area contributed by atoms with Gasteiger partial charge in [-0.3, -0.25) is 4.57 Å². The van der Waals surface area contributed by atoms with Crippen LogP contribution in [-0.4, -0.2) is 19.3 Å². The number of rotatable bonds is 2. The Kier molecular flexibility index (Phi) is 2.99. The third kappa shape index (κ3) is 1.91. The number of nitrogens with zero attached hydrogens (tertiary/aromatic N) is 4. The van der Waals surface area contributed by atoms with Gasteiger partial charge in [-0.05, 0) is 31.2 Å². The largest absolute Gasteiger partial charge is 0.280 e. The van der Waals surface area contributed by atoms with Crippen LogP contribution in [0.3, 0.4) is 0 Å². The summed E-state index contributed by atoms with van der Waals surface area (Å²) < 4.78 is 3.83. The first-order valence-electron chi connectivity index (χ1n) is 5.84. The lowest BCUT2D eigenvalue weighted by molar-refractivity contribution is 0.755. The normalized spacial score (nSPS) is 11.4. The molecule has 3 aromatic rings. The molecule has 3 rings (SSSR count). The van der Waals surface area contributed by atoms with Crippen molar-refractivity contribution in [1.82, 2.24) is 19.3 Å². The van der Waals surface area contributed by atoms with Gasteiger partial charge >= 0.3 is 0 Å². The monoisotopic (exact) mass is 294 g/mol. The fraction of sp³-hybridized carbons (Fsp3) is 0.231. The van der Waals surface area contributed by atoms with Gasteiger partial charge in [-0.15, -0.1) is 11.6 Å². The number of hydrogen-bond acceptors (Lipinski definition) is 2. The average Bonchev–Trinajstić information content (AvgIpc) is 2.90. The molecule has 0 atom stereocenters. The highest BCUT2D eigenvalue weighted by Crippen LogP contribution is 2.25. The number of aromatic nitrogens is 4. The molecular weight excluding hydrogens is 283 g/mol. The Morgan fingerprint density at radius 3 is 2.53 bits per heavy atom. The van der Waals surface area contributed by atoms with E-state index in [1.807, 2.05) is 47.5 Å². The molecule has 0 N–H and O–H groups in total. The quantitative estimate of drug-likeness (QED) is 0.679. The van der Waals surface area contributed by atoms with E-state index in [4.69, 9.17) is 23.2 Å². The number of halogens is 2. The minimum atomic E-state index is 0.344.